The summed E-state index contributed by atoms with van der Waals surface area (Å²) < 4.78 is 25.7. The van der Waals surface area contributed by atoms with E-state index in [0.29, 0.717) is 0 Å². The Bertz CT molecular complexity index is 538. The van der Waals surface area contributed by atoms with Gasteiger partial charge in [0.2, 0.25) is 6.43 Å². The van der Waals surface area contributed by atoms with Crippen LogP contribution in [0.5, 0.6) is 0 Å². The second-order valence-electron chi connectivity index (χ2n) is 4.63. The largest absolute Gasteiger partial charge is 0.481 e. The summed E-state index contributed by atoms with van der Waals surface area (Å²) in [5.74, 6) is -4.44. The lowest BCUT2D eigenvalue weighted by molar-refractivity contribution is -0.144. The molecule has 0 spiro atoms. The van der Waals surface area contributed by atoms with Gasteiger partial charge in [0.15, 0.2) is 0 Å². The van der Waals surface area contributed by atoms with Gasteiger partial charge >= 0.3 is 5.97 Å². The van der Waals surface area contributed by atoms with Crippen molar-refractivity contribution in [1.82, 2.24) is 4.90 Å². The number of carbonyl (C=O) groups excluding carboxylic acids is 1. The van der Waals surface area contributed by atoms with Crippen molar-refractivity contribution in [3.63, 3.8) is 0 Å². The fourth-order valence-electron chi connectivity index (χ4n) is 2.32. The third kappa shape index (κ3) is 2.75. The molecule has 1 fully saturated rings. The highest BCUT2D eigenvalue weighted by Gasteiger charge is 2.44. The van der Waals surface area contributed by atoms with E-state index in [1.807, 2.05) is 0 Å². The van der Waals surface area contributed by atoms with Gasteiger partial charge in [-0.1, -0.05) is 23.7 Å². The number of rotatable bonds is 3. The highest BCUT2D eigenvalue weighted by Crippen LogP contribution is 2.31. The molecule has 0 aliphatic carbocycles. The number of carbonyl (C=O) groups is 2. The normalized spacial score (nSPS) is 22.3. The molecule has 0 radical (unpaired) electrons. The first-order chi connectivity index (χ1) is 9.41. The highest BCUT2D eigenvalue weighted by molar-refractivity contribution is 6.33. The van der Waals surface area contributed by atoms with Crippen LogP contribution in [-0.2, 0) is 4.79 Å². The van der Waals surface area contributed by atoms with Crippen LogP contribution in [0, 0.1) is 11.8 Å². The van der Waals surface area contributed by atoms with Crippen molar-refractivity contribution < 1.29 is 23.5 Å². The maximum atomic E-state index is 12.8. The fourth-order valence-corrected chi connectivity index (χ4v) is 2.53. The molecule has 1 amide bonds. The first-order valence-corrected chi connectivity index (χ1v) is 6.34. The Labute approximate surface area is 118 Å². The molecule has 2 rings (SSSR count). The van der Waals surface area contributed by atoms with E-state index >= 15 is 0 Å². The van der Waals surface area contributed by atoms with E-state index in [-0.39, 0.29) is 23.7 Å². The summed E-state index contributed by atoms with van der Waals surface area (Å²) in [5, 5.41) is 9.17. The molecule has 0 saturated carbocycles. The third-order valence-electron chi connectivity index (χ3n) is 3.40. The van der Waals surface area contributed by atoms with Gasteiger partial charge in [0.25, 0.3) is 5.91 Å². The van der Waals surface area contributed by atoms with E-state index in [9.17, 15) is 18.4 Å². The zero-order valence-corrected chi connectivity index (χ0v) is 11.1. The summed E-state index contributed by atoms with van der Waals surface area (Å²) in [6.45, 7) is -0.507. The van der Waals surface area contributed by atoms with E-state index in [0.717, 1.165) is 4.90 Å². The molecular weight excluding hydrogens is 292 g/mol. The zero-order chi connectivity index (χ0) is 14.9. The summed E-state index contributed by atoms with van der Waals surface area (Å²) in [6.07, 6.45) is -2.78. The number of benzene rings is 1. The minimum absolute atomic E-state index is 0.188. The minimum atomic E-state index is -2.78. The van der Waals surface area contributed by atoms with Crippen molar-refractivity contribution in [2.24, 2.45) is 11.8 Å². The molecule has 0 aromatic heterocycles. The van der Waals surface area contributed by atoms with Gasteiger partial charge in [0.1, 0.15) is 0 Å². The van der Waals surface area contributed by atoms with Gasteiger partial charge in [-0.2, -0.15) is 0 Å². The Morgan fingerprint density at radius 2 is 1.95 bits per heavy atom. The van der Waals surface area contributed by atoms with Gasteiger partial charge in [-0.15, -0.1) is 0 Å². The van der Waals surface area contributed by atoms with Crippen LogP contribution >= 0.6 is 11.6 Å². The highest BCUT2D eigenvalue weighted by atomic mass is 35.5. The van der Waals surface area contributed by atoms with Gasteiger partial charge in [0, 0.05) is 13.1 Å². The molecule has 2 atom stereocenters. The van der Waals surface area contributed by atoms with E-state index in [1.165, 1.54) is 12.1 Å². The van der Waals surface area contributed by atoms with Crippen molar-refractivity contribution in [1.29, 1.82) is 0 Å². The molecule has 1 saturated heterocycles. The topological polar surface area (TPSA) is 57.6 Å². The molecule has 1 aliphatic heterocycles. The van der Waals surface area contributed by atoms with E-state index in [2.05, 4.69) is 0 Å². The summed E-state index contributed by atoms with van der Waals surface area (Å²) in [7, 11) is 0. The third-order valence-corrected chi connectivity index (χ3v) is 3.73. The van der Waals surface area contributed by atoms with Crippen molar-refractivity contribution in [2.45, 2.75) is 6.43 Å². The molecule has 20 heavy (non-hydrogen) atoms. The monoisotopic (exact) mass is 303 g/mol. The van der Waals surface area contributed by atoms with Gasteiger partial charge in [-0.3, -0.25) is 9.59 Å². The number of alkyl halides is 2. The van der Waals surface area contributed by atoms with Crippen LogP contribution < -0.4 is 0 Å². The number of carboxylic acids is 1. The summed E-state index contributed by atoms with van der Waals surface area (Å²) >= 11 is 5.88. The minimum Gasteiger partial charge on any atom is -0.481 e. The lowest BCUT2D eigenvalue weighted by Gasteiger charge is -2.16. The van der Waals surface area contributed by atoms with Gasteiger partial charge in [-0.05, 0) is 12.1 Å². The second kappa shape index (κ2) is 5.75. The average Bonchev–Trinajstić information content (AvgIpc) is 2.84. The van der Waals surface area contributed by atoms with Crippen LogP contribution in [-0.4, -0.2) is 41.4 Å². The molecule has 1 aromatic carbocycles. The first kappa shape index (κ1) is 14.7. The number of aliphatic carboxylic acids is 1. The maximum absolute atomic E-state index is 12.8. The summed E-state index contributed by atoms with van der Waals surface area (Å²) in [6, 6.07) is 6.25. The van der Waals surface area contributed by atoms with E-state index in [1.54, 1.807) is 12.1 Å². The average molecular weight is 304 g/mol. The Hall–Kier alpha value is -1.69. The van der Waals surface area contributed by atoms with Crippen LogP contribution in [0.15, 0.2) is 24.3 Å². The first-order valence-electron chi connectivity index (χ1n) is 5.96. The summed E-state index contributed by atoms with van der Waals surface area (Å²) in [4.78, 5) is 24.3. The quantitative estimate of drug-likeness (QED) is 0.932. The SMILES string of the molecule is O=C(O)[C@@H]1CN(C(=O)c2ccccc2Cl)C[C@H]1C(F)F. The molecule has 7 heteroatoms. The van der Waals surface area contributed by atoms with E-state index < -0.39 is 30.1 Å². The summed E-state index contributed by atoms with van der Waals surface area (Å²) in [5.41, 5.74) is 0.188. The molecule has 1 N–H and O–H groups in total. The van der Waals surface area contributed by atoms with Crippen molar-refractivity contribution in [3.05, 3.63) is 34.9 Å². The van der Waals surface area contributed by atoms with Gasteiger partial charge < -0.3 is 10.0 Å². The predicted molar refractivity (Wildman–Crippen MR) is 68.0 cm³/mol. The molecule has 108 valence electrons. The number of halogens is 3. The van der Waals surface area contributed by atoms with Crippen LogP contribution in [0.25, 0.3) is 0 Å². The molecule has 0 bridgehead atoms. The predicted octanol–water partition coefficient (Wildman–Crippen LogP) is 2.38. The van der Waals surface area contributed by atoms with Crippen molar-refractivity contribution in [2.75, 3.05) is 13.1 Å². The standard InChI is InChI=1S/C13H12ClF2NO3/c14-10-4-2-1-3-7(10)12(18)17-5-8(11(15)16)9(6-17)13(19)20/h1-4,8-9,11H,5-6H2,(H,19,20)/t8-,9-/m1/s1. The molecule has 1 aliphatic rings. The number of hydrogen-bond acceptors (Lipinski definition) is 2. The number of carboxylic acid groups (broad SMARTS) is 1. The van der Waals surface area contributed by atoms with Crippen LogP contribution in [0.3, 0.4) is 0 Å². The van der Waals surface area contributed by atoms with Crippen molar-refractivity contribution >= 4 is 23.5 Å². The Balaban J connectivity index is 2.21. The Morgan fingerprint density at radius 1 is 1.30 bits per heavy atom. The molecular formula is C13H12ClF2NO3. The second-order valence-corrected chi connectivity index (χ2v) is 5.04. The lowest BCUT2D eigenvalue weighted by atomic mass is 9.97. The Kier molecular flexibility index (Phi) is 4.23. The maximum Gasteiger partial charge on any atom is 0.308 e. The van der Waals surface area contributed by atoms with Crippen LogP contribution in [0.4, 0.5) is 8.78 Å². The van der Waals surface area contributed by atoms with Gasteiger partial charge in [-0.25, -0.2) is 8.78 Å². The smallest absolute Gasteiger partial charge is 0.308 e. The van der Waals surface area contributed by atoms with E-state index in [4.69, 9.17) is 16.7 Å². The van der Waals surface area contributed by atoms with Crippen LogP contribution in [0.1, 0.15) is 10.4 Å². The number of nitrogens with zero attached hydrogens (tertiary/aromatic N) is 1. The molecule has 0 unspecified atom stereocenters. The zero-order valence-electron chi connectivity index (χ0n) is 10.3. The van der Waals surface area contributed by atoms with Gasteiger partial charge in [0.05, 0.1) is 22.4 Å². The number of amides is 1. The lowest BCUT2D eigenvalue weighted by Crippen LogP contribution is -2.30. The number of likely N-dealkylation sites (tertiary alicyclic amines) is 1. The van der Waals surface area contributed by atoms with Crippen molar-refractivity contribution in [3.8, 4) is 0 Å². The molecule has 1 heterocycles. The fraction of sp³-hybridized carbons (Fsp3) is 0.385. The molecule has 1 aromatic rings. The van der Waals surface area contributed by atoms with Crippen LogP contribution in [0.2, 0.25) is 5.02 Å². The number of hydrogen-bond donors (Lipinski definition) is 1. The molecule has 4 nitrogen and oxygen atoms in total. The Morgan fingerprint density at radius 3 is 2.45 bits per heavy atom.